The lowest BCUT2D eigenvalue weighted by molar-refractivity contribution is -0.115. The number of hydrogen-bond donors (Lipinski definition) is 2. The fourth-order valence-corrected chi connectivity index (χ4v) is 3.49. The third kappa shape index (κ3) is 4.71. The molecule has 0 bridgehead atoms. The minimum atomic E-state index is -3.63. The fourth-order valence-electron chi connectivity index (χ4n) is 2.04. The molecule has 2 aromatic rings. The summed E-state index contributed by atoms with van der Waals surface area (Å²) in [4.78, 5) is 23.9. The van der Waals surface area contributed by atoms with Crippen LogP contribution in [0.25, 0.3) is 0 Å². The van der Waals surface area contributed by atoms with Crippen molar-refractivity contribution in [3.05, 3.63) is 46.3 Å². The van der Waals surface area contributed by atoms with E-state index in [-0.39, 0.29) is 17.2 Å². The Balaban J connectivity index is 2.04. The van der Waals surface area contributed by atoms with Gasteiger partial charge in [-0.25, -0.2) is 12.7 Å². The van der Waals surface area contributed by atoms with Crippen molar-refractivity contribution in [2.24, 2.45) is 0 Å². The molecule has 2 N–H and O–H groups in total. The SMILES string of the molecule is Cc1ccc(NC(=O)CNC(=O)c2ccc(Br)o2)cc1S(=O)(=O)N(C)C. The Morgan fingerprint density at radius 3 is 2.46 bits per heavy atom. The van der Waals surface area contributed by atoms with Crippen molar-refractivity contribution in [2.45, 2.75) is 11.8 Å². The quantitative estimate of drug-likeness (QED) is 0.708. The Bertz CT molecular complexity index is 937. The van der Waals surface area contributed by atoms with Gasteiger partial charge in [0.25, 0.3) is 5.91 Å². The van der Waals surface area contributed by atoms with Crippen molar-refractivity contribution < 1.29 is 22.4 Å². The zero-order chi connectivity index (χ0) is 19.5. The summed E-state index contributed by atoms with van der Waals surface area (Å²) in [6, 6.07) is 7.61. The van der Waals surface area contributed by atoms with Crippen molar-refractivity contribution in [2.75, 3.05) is 26.0 Å². The van der Waals surface area contributed by atoms with Crippen LogP contribution in [-0.4, -0.2) is 45.2 Å². The Kier molecular flexibility index (Phi) is 6.21. The monoisotopic (exact) mass is 443 g/mol. The normalized spacial score (nSPS) is 11.4. The number of carbonyl (C=O) groups excluding carboxylic acids is 2. The number of anilines is 1. The molecule has 0 aliphatic carbocycles. The van der Waals surface area contributed by atoms with Crippen molar-refractivity contribution in [1.82, 2.24) is 9.62 Å². The number of benzene rings is 1. The summed E-state index contributed by atoms with van der Waals surface area (Å²) in [6.07, 6.45) is 0. The topological polar surface area (TPSA) is 109 Å². The minimum Gasteiger partial charge on any atom is -0.444 e. The summed E-state index contributed by atoms with van der Waals surface area (Å²) in [6.45, 7) is 1.38. The van der Waals surface area contributed by atoms with Gasteiger partial charge in [-0.15, -0.1) is 0 Å². The summed E-state index contributed by atoms with van der Waals surface area (Å²) in [5, 5.41) is 4.97. The van der Waals surface area contributed by atoms with Crippen LogP contribution in [0.15, 0.2) is 44.3 Å². The van der Waals surface area contributed by atoms with Crippen LogP contribution < -0.4 is 10.6 Å². The van der Waals surface area contributed by atoms with Gasteiger partial charge in [-0.05, 0) is 52.7 Å². The van der Waals surface area contributed by atoms with Gasteiger partial charge in [0, 0.05) is 19.8 Å². The number of rotatable bonds is 6. The Hall–Kier alpha value is -2.17. The lowest BCUT2D eigenvalue weighted by atomic mass is 10.2. The zero-order valence-corrected chi connectivity index (χ0v) is 16.8. The van der Waals surface area contributed by atoms with Crippen LogP contribution in [0.1, 0.15) is 16.1 Å². The molecule has 0 aliphatic rings. The first kappa shape index (κ1) is 20.1. The highest BCUT2D eigenvalue weighted by Gasteiger charge is 2.20. The number of furan rings is 1. The lowest BCUT2D eigenvalue weighted by Gasteiger charge is -2.15. The molecule has 0 saturated carbocycles. The lowest BCUT2D eigenvalue weighted by Crippen LogP contribution is -2.32. The highest BCUT2D eigenvalue weighted by atomic mass is 79.9. The van der Waals surface area contributed by atoms with E-state index in [1.54, 1.807) is 25.1 Å². The molecule has 10 heteroatoms. The van der Waals surface area contributed by atoms with Crippen molar-refractivity contribution >= 4 is 43.5 Å². The number of sulfonamides is 1. The van der Waals surface area contributed by atoms with Crippen LogP contribution >= 0.6 is 15.9 Å². The molecule has 26 heavy (non-hydrogen) atoms. The second-order valence-electron chi connectivity index (χ2n) is 5.60. The van der Waals surface area contributed by atoms with E-state index in [4.69, 9.17) is 4.42 Å². The van der Waals surface area contributed by atoms with E-state index in [1.807, 2.05) is 0 Å². The van der Waals surface area contributed by atoms with Gasteiger partial charge in [0.05, 0.1) is 11.4 Å². The highest BCUT2D eigenvalue weighted by Crippen LogP contribution is 2.22. The molecule has 0 saturated heterocycles. The van der Waals surface area contributed by atoms with Crippen LogP contribution in [0.2, 0.25) is 0 Å². The van der Waals surface area contributed by atoms with Crippen molar-refractivity contribution in [3.8, 4) is 0 Å². The van der Waals surface area contributed by atoms with E-state index in [2.05, 4.69) is 26.6 Å². The first-order valence-corrected chi connectivity index (χ1v) is 9.71. The van der Waals surface area contributed by atoms with Crippen LogP contribution in [-0.2, 0) is 14.8 Å². The molecule has 1 aromatic heterocycles. The molecule has 0 aliphatic heterocycles. The van der Waals surface area contributed by atoms with Crippen LogP contribution in [0.5, 0.6) is 0 Å². The Morgan fingerprint density at radius 1 is 1.19 bits per heavy atom. The summed E-state index contributed by atoms with van der Waals surface area (Å²) in [7, 11) is -0.764. The average Bonchev–Trinajstić information content (AvgIpc) is 3.00. The van der Waals surface area contributed by atoms with E-state index >= 15 is 0 Å². The predicted octanol–water partition coefficient (Wildman–Crippen LogP) is 1.97. The van der Waals surface area contributed by atoms with E-state index in [0.717, 1.165) is 4.31 Å². The van der Waals surface area contributed by atoms with E-state index in [1.165, 1.54) is 26.2 Å². The van der Waals surface area contributed by atoms with E-state index in [0.29, 0.717) is 15.9 Å². The molecule has 0 radical (unpaired) electrons. The van der Waals surface area contributed by atoms with Crippen molar-refractivity contribution in [1.29, 1.82) is 0 Å². The number of carbonyl (C=O) groups is 2. The molecular weight excluding hydrogens is 426 g/mol. The molecule has 0 fully saturated rings. The van der Waals surface area contributed by atoms with E-state index < -0.39 is 21.8 Å². The van der Waals surface area contributed by atoms with Gasteiger partial charge >= 0.3 is 0 Å². The van der Waals surface area contributed by atoms with Gasteiger partial charge in [-0.1, -0.05) is 6.07 Å². The third-order valence-electron chi connectivity index (χ3n) is 3.44. The second-order valence-corrected chi connectivity index (χ2v) is 8.50. The van der Waals surface area contributed by atoms with E-state index in [9.17, 15) is 18.0 Å². The minimum absolute atomic E-state index is 0.0689. The largest absolute Gasteiger partial charge is 0.444 e. The van der Waals surface area contributed by atoms with Crippen LogP contribution in [0.3, 0.4) is 0 Å². The number of nitrogens with zero attached hydrogens (tertiary/aromatic N) is 1. The van der Waals surface area contributed by atoms with Gasteiger partial charge in [0.15, 0.2) is 10.4 Å². The molecule has 2 rings (SSSR count). The van der Waals surface area contributed by atoms with Crippen LogP contribution in [0.4, 0.5) is 5.69 Å². The van der Waals surface area contributed by atoms with Gasteiger partial charge in [-0.3, -0.25) is 9.59 Å². The molecule has 2 amide bonds. The standard InChI is InChI=1S/C16H18BrN3O5S/c1-10-4-5-11(8-13(10)26(23,24)20(2)3)19-15(21)9-18-16(22)12-6-7-14(17)25-12/h4-8H,9H2,1-3H3,(H,18,22)(H,19,21). The molecule has 0 spiro atoms. The number of aryl methyl sites for hydroxylation is 1. The second kappa shape index (κ2) is 8.02. The first-order chi connectivity index (χ1) is 12.1. The molecule has 140 valence electrons. The van der Waals surface area contributed by atoms with Crippen LogP contribution in [0, 0.1) is 6.92 Å². The summed E-state index contributed by atoms with van der Waals surface area (Å²) in [5.41, 5.74) is 0.879. The smallest absolute Gasteiger partial charge is 0.287 e. The van der Waals surface area contributed by atoms with Gasteiger partial charge < -0.3 is 15.1 Å². The fraction of sp³-hybridized carbons (Fsp3) is 0.250. The summed E-state index contributed by atoms with van der Waals surface area (Å²) < 4.78 is 31.2. The summed E-state index contributed by atoms with van der Waals surface area (Å²) in [5.74, 6) is -0.967. The van der Waals surface area contributed by atoms with Gasteiger partial charge in [0.1, 0.15) is 0 Å². The van der Waals surface area contributed by atoms with Gasteiger partial charge in [-0.2, -0.15) is 0 Å². The maximum Gasteiger partial charge on any atom is 0.287 e. The molecule has 1 heterocycles. The number of nitrogens with one attached hydrogen (secondary N) is 2. The average molecular weight is 444 g/mol. The molecule has 8 nitrogen and oxygen atoms in total. The maximum absolute atomic E-state index is 12.3. The number of amides is 2. The highest BCUT2D eigenvalue weighted by molar-refractivity contribution is 9.10. The summed E-state index contributed by atoms with van der Waals surface area (Å²) >= 11 is 3.08. The van der Waals surface area contributed by atoms with Gasteiger partial charge in [0.2, 0.25) is 15.9 Å². The number of halogens is 1. The molecular formula is C16H18BrN3O5S. The predicted molar refractivity (Wildman–Crippen MR) is 99.4 cm³/mol. The Labute approximate surface area is 159 Å². The molecule has 0 atom stereocenters. The Morgan fingerprint density at radius 2 is 1.88 bits per heavy atom. The first-order valence-electron chi connectivity index (χ1n) is 7.48. The number of hydrogen-bond acceptors (Lipinski definition) is 5. The third-order valence-corrected chi connectivity index (χ3v) is 5.82. The molecule has 1 aromatic carbocycles. The van der Waals surface area contributed by atoms with Crippen molar-refractivity contribution in [3.63, 3.8) is 0 Å². The molecule has 0 unspecified atom stereocenters. The maximum atomic E-state index is 12.3. The zero-order valence-electron chi connectivity index (χ0n) is 14.4.